The lowest BCUT2D eigenvalue weighted by Gasteiger charge is -2.40. The summed E-state index contributed by atoms with van der Waals surface area (Å²) >= 11 is 1.30. The van der Waals surface area contributed by atoms with Crippen LogP contribution in [0.3, 0.4) is 0 Å². The SMILES string of the molecule is COc1ccc(C(=O)N2CCN(C(=O)CCCCCSc3nc4ccccc4c(=O)n3-c3cccc(C(F)(F)F)c3)CC2C)c(OC)c1. The highest BCUT2D eigenvalue weighted by atomic mass is 32.2. The van der Waals surface area contributed by atoms with Crippen molar-refractivity contribution in [2.45, 2.75) is 50.0 Å². The number of alkyl halides is 3. The molecule has 0 radical (unpaired) electrons. The van der Waals surface area contributed by atoms with Crippen LogP contribution in [0.15, 0.2) is 76.7 Å². The van der Waals surface area contributed by atoms with Crippen LogP contribution >= 0.6 is 11.8 Å². The number of unbranched alkanes of at least 4 members (excludes halogenated alkanes) is 2. The van der Waals surface area contributed by atoms with Crippen LogP contribution in [0.25, 0.3) is 16.6 Å². The molecule has 1 aromatic heterocycles. The number of amides is 2. The molecular formula is C35H37F3N4O5S. The molecule has 4 aromatic rings. The molecule has 0 saturated carbocycles. The van der Waals surface area contributed by atoms with Crippen molar-refractivity contribution in [2.24, 2.45) is 0 Å². The van der Waals surface area contributed by atoms with Crippen molar-refractivity contribution in [3.63, 3.8) is 0 Å². The van der Waals surface area contributed by atoms with Crippen molar-refractivity contribution in [2.75, 3.05) is 39.6 Å². The van der Waals surface area contributed by atoms with E-state index in [2.05, 4.69) is 4.98 Å². The molecule has 254 valence electrons. The molecule has 13 heteroatoms. The molecule has 5 rings (SSSR count). The van der Waals surface area contributed by atoms with Gasteiger partial charge in [-0.25, -0.2) is 4.98 Å². The number of benzene rings is 3. The zero-order chi connectivity index (χ0) is 34.4. The Hall–Kier alpha value is -4.52. The molecule has 1 saturated heterocycles. The van der Waals surface area contributed by atoms with Gasteiger partial charge < -0.3 is 19.3 Å². The molecule has 1 aliphatic heterocycles. The van der Waals surface area contributed by atoms with E-state index >= 15 is 0 Å². The molecule has 48 heavy (non-hydrogen) atoms. The fourth-order valence-corrected chi connectivity index (χ4v) is 6.76. The predicted molar refractivity (Wildman–Crippen MR) is 178 cm³/mol. The number of piperazine rings is 1. The first-order valence-electron chi connectivity index (χ1n) is 15.6. The number of halogens is 3. The van der Waals surface area contributed by atoms with Crippen LogP contribution in [0.5, 0.6) is 11.5 Å². The average molecular weight is 683 g/mol. The number of aromatic nitrogens is 2. The molecule has 0 aliphatic carbocycles. The molecule has 1 fully saturated rings. The Balaban J connectivity index is 1.15. The third-order valence-electron chi connectivity index (χ3n) is 8.32. The quantitative estimate of drug-likeness (QED) is 0.102. The van der Waals surface area contributed by atoms with Crippen molar-refractivity contribution in [3.8, 4) is 17.2 Å². The first kappa shape index (κ1) is 34.8. The lowest BCUT2D eigenvalue weighted by Crippen LogP contribution is -2.55. The van der Waals surface area contributed by atoms with Gasteiger partial charge in [0.25, 0.3) is 11.5 Å². The minimum absolute atomic E-state index is 0.0261. The molecule has 1 unspecified atom stereocenters. The van der Waals surface area contributed by atoms with E-state index in [1.807, 2.05) is 6.92 Å². The second kappa shape index (κ2) is 15.1. The van der Waals surface area contributed by atoms with Crippen molar-refractivity contribution in [1.82, 2.24) is 19.4 Å². The first-order chi connectivity index (χ1) is 23.0. The van der Waals surface area contributed by atoms with Gasteiger partial charge in [-0.2, -0.15) is 13.2 Å². The summed E-state index contributed by atoms with van der Waals surface area (Å²) in [5.41, 5.74) is -0.278. The smallest absolute Gasteiger partial charge is 0.416 e. The molecule has 2 amide bonds. The molecule has 0 bridgehead atoms. The number of nitrogens with zero attached hydrogens (tertiary/aromatic N) is 4. The van der Waals surface area contributed by atoms with Gasteiger partial charge in [-0.05, 0) is 62.2 Å². The first-order valence-corrected chi connectivity index (χ1v) is 16.6. The third-order valence-corrected chi connectivity index (χ3v) is 9.35. The zero-order valence-corrected chi connectivity index (χ0v) is 27.8. The van der Waals surface area contributed by atoms with Gasteiger partial charge in [-0.15, -0.1) is 0 Å². The van der Waals surface area contributed by atoms with Gasteiger partial charge in [0.1, 0.15) is 11.5 Å². The largest absolute Gasteiger partial charge is 0.497 e. The molecule has 3 aromatic carbocycles. The Kier molecular flexibility index (Phi) is 11.0. The lowest BCUT2D eigenvalue weighted by molar-refractivity contribution is -0.137. The van der Waals surface area contributed by atoms with E-state index < -0.39 is 17.3 Å². The predicted octanol–water partition coefficient (Wildman–Crippen LogP) is 6.45. The number of thioether (sulfide) groups is 1. The second-order valence-corrected chi connectivity index (χ2v) is 12.6. The summed E-state index contributed by atoms with van der Waals surface area (Å²) in [7, 11) is 3.05. The number of hydrogen-bond acceptors (Lipinski definition) is 7. The lowest BCUT2D eigenvalue weighted by atomic mass is 10.1. The fourth-order valence-electron chi connectivity index (χ4n) is 5.75. The normalized spacial score (nSPS) is 15.1. The van der Waals surface area contributed by atoms with Gasteiger partial charge in [0.05, 0.1) is 41.9 Å². The van der Waals surface area contributed by atoms with E-state index in [1.54, 1.807) is 59.4 Å². The minimum Gasteiger partial charge on any atom is -0.497 e. The summed E-state index contributed by atoms with van der Waals surface area (Å²) in [5.74, 6) is 1.44. The van der Waals surface area contributed by atoms with Crippen molar-refractivity contribution in [1.29, 1.82) is 0 Å². The van der Waals surface area contributed by atoms with Crippen molar-refractivity contribution < 1.29 is 32.2 Å². The summed E-state index contributed by atoms with van der Waals surface area (Å²) < 4.78 is 52.2. The number of hydrogen-bond donors (Lipinski definition) is 0. The molecule has 9 nitrogen and oxygen atoms in total. The van der Waals surface area contributed by atoms with Crippen LogP contribution < -0.4 is 15.0 Å². The number of para-hydroxylation sites is 1. The maximum absolute atomic E-state index is 13.5. The summed E-state index contributed by atoms with van der Waals surface area (Å²) in [6, 6.07) is 16.3. The minimum atomic E-state index is -4.55. The van der Waals surface area contributed by atoms with E-state index in [9.17, 15) is 27.6 Å². The van der Waals surface area contributed by atoms with Crippen LogP contribution in [0.4, 0.5) is 13.2 Å². The Labute approximate surface area is 280 Å². The van der Waals surface area contributed by atoms with Crippen molar-refractivity contribution in [3.05, 3.63) is 88.2 Å². The highest BCUT2D eigenvalue weighted by Gasteiger charge is 2.32. The molecule has 2 heterocycles. The fraction of sp³-hybridized carbons (Fsp3) is 0.371. The maximum atomic E-state index is 13.5. The Morgan fingerprint density at radius 3 is 2.48 bits per heavy atom. The Morgan fingerprint density at radius 1 is 0.958 bits per heavy atom. The van der Waals surface area contributed by atoms with E-state index in [-0.39, 0.29) is 23.5 Å². The van der Waals surface area contributed by atoms with Gasteiger partial charge in [-0.1, -0.05) is 36.4 Å². The topological polar surface area (TPSA) is 94.0 Å². The summed E-state index contributed by atoms with van der Waals surface area (Å²) in [6.45, 7) is 3.19. The van der Waals surface area contributed by atoms with Crippen molar-refractivity contribution >= 4 is 34.5 Å². The van der Waals surface area contributed by atoms with Gasteiger partial charge in [0.15, 0.2) is 5.16 Å². The van der Waals surface area contributed by atoms with E-state index in [4.69, 9.17) is 9.47 Å². The number of fused-ring (bicyclic) bond motifs is 1. The number of ether oxygens (including phenoxy) is 2. The zero-order valence-electron chi connectivity index (χ0n) is 27.0. The molecule has 1 atom stereocenters. The Bertz CT molecular complexity index is 1850. The van der Waals surface area contributed by atoms with E-state index in [0.29, 0.717) is 77.8 Å². The van der Waals surface area contributed by atoms with Gasteiger partial charge in [0.2, 0.25) is 5.91 Å². The monoisotopic (exact) mass is 682 g/mol. The summed E-state index contributed by atoms with van der Waals surface area (Å²) in [6.07, 6.45) is -2.08. The van der Waals surface area contributed by atoms with Crippen LogP contribution in [0.1, 0.15) is 48.5 Å². The number of methoxy groups -OCH3 is 2. The number of carbonyl (C=O) groups is 2. The molecule has 1 aliphatic rings. The highest BCUT2D eigenvalue weighted by molar-refractivity contribution is 7.99. The van der Waals surface area contributed by atoms with E-state index in [0.717, 1.165) is 18.6 Å². The average Bonchev–Trinajstić information content (AvgIpc) is 3.08. The summed E-state index contributed by atoms with van der Waals surface area (Å²) in [5, 5.41) is 0.625. The maximum Gasteiger partial charge on any atom is 0.416 e. The van der Waals surface area contributed by atoms with Crippen LogP contribution in [0, 0.1) is 0 Å². The standard InChI is InChI=1S/C35H37F3N4O5S/c1-23-22-40(17-18-41(23)32(44)28-16-15-26(46-2)21-30(28)47-3)31(43)14-5-4-8-19-48-34-39-29-13-7-6-12-27(29)33(45)42(34)25-11-9-10-24(20-25)35(36,37)38/h6-7,9-13,15-16,20-21,23H,4-5,8,14,17-19,22H2,1-3H3. The third kappa shape index (κ3) is 7.78. The van der Waals surface area contributed by atoms with Gasteiger partial charge in [0, 0.05) is 43.9 Å². The number of rotatable bonds is 11. The molecule has 0 spiro atoms. The molecule has 0 N–H and O–H groups in total. The summed E-state index contributed by atoms with van der Waals surface area (Å²) in [4.78, 5) is 47.9. The van der Waals surface area contributed by atoms with Crippen LogP contribution in [-0.2, 0) is 11.0 Å². The van der Waals surface area contributed by atoms with Crippen LogP contribution in [0.2, 0.25) is 0 Å². The van der Waals surface area contributed by atoms with Gasteiger partial charge in [-0.3, -0.25) is 19.0 Å². The van der Waals surface area contributed by atoms with E-state index in [1.165, 1.54) is 35.6 Å². The molecular weight excluding hydrogens is 645 g/mol. The van der Waals surface area contributed by atoms with Gasteiger partial charge >= 0.3 is 6.18 Å². The highest BCUT2D eigenvalue weighted by Crippen LogP contribution is 2.32. The number of carbonyl (C=O) groups excluding carboxylic acids is 2. The second-order valence-electron chi connectivity index (χ2n) is 11.5. The Morgan fingerprint density at radius 2 is 1.75 bits per heavy atom. The van der Waals surface area contributed by atoms with Crippen LogP contribution in [-0.4, -0.2) is 76.8 Å².